The molecule has 2 amide bonds. The lowest BCUT2D eigenvalue weighted by atomic mass is 9.78. The minimum atomic E-state index is -1.07. The second kappa shape index (κ2) is 7.62. The zero-order chi connectivity index (χ0) is 19.7. The Kier molecular flexibility index (Phi) is 5.19. The highest BCUT2D eigenvalue weighted by atomic mass is 16.4. The fraction of sp³-hybridized carbons (Fsp3) is 0.619. The number of aliphatic hydroxyl groups is 1. The van der Waals surface area contributed by atoms with Gasteiger partial charge in [-0.2, -0.15) is 0 Å². The average molecular weight is 387 g/mol. The highest BCUT2D eigenvalue weighted by Gasteiger charge is 2.50. The molecule has 1 spiro atoms. The normalized spacial score (nSPS) is 30.7. The SMILES string of the molecule is O=C(O)Nc1ccc(N2CCCC3(CCN(C4CCC(O)CC4)C3=O)C2)cc1. The third-order valence-electron chi connectivity index (χ3n) is 6.71. The second-order valence-corrected chi connectivity index (χ2v) is 8.49. The summed E-state index contributed by atoms with van der Waals surface area (Å²) in [6, 6.07) is 7.66. The molecule has 1 atom stereocenters. The van der Waals surface area contributed by atoms with Crippen LogP contribution < -0.4 is 10.2 Å². The summed E-state index contributed by atoms with van der Waals surface area (Å²) in [4.78, 5) is 28.5. The summed E-state index contributed by atoms with van der Waals surface area (Å²) in [5.41, 5.74) is 1.28. The number of nitrogens with zero attached hydrogens (tertiary/aromatic N) is 2. The first-order valence-electron chi connectivity index (χ1n) is 10.3. The van der Waals surface area contributed by atoms with Crippen LogP contribution in [0.1, 0.15) is 44.9 Å². The first kappa shape index (κ1) is 19.1. The van der Waals surface area contributed by atoms with Crippen LogP contribution in [0.3, 0.4) is 0 Å². The first-order chi connectivity index (χ1) is 13.5. The first-order valence-corrected chi connectivity index (χ1v) is 10.3. The standard InChI is InChI=1S/C21H29N3O4/c25-18-8-6-17(7-9-18)24-13-11-21(19(24)26)10-1-12-23(14-21)16-4-2-15(3-5-16)22-20(27)28/h2-5,17-18,22,25H,1,6-14H2,(H,27,28). The molecule has 1 saturated carbocycles. The average Bonchev–Trinajstić information content (AvgIpc) is 2.98. The van der Waals surface area contributed by atoms with Crippen molar-refractivity contribution in [1.82, 2.24) is 4.90 Å². The maximum atomic E-state index is 13.4. The van der Waals surface area contributed by atoms with E-state index in [1.807, 2.05) is 12.1 Å². The highest BCUT2D eigenvalue weighted by molar-refractivity contribution is 5.86. The van der Waals surface area contributed by atoms with Crippen molar-refractivity contribution < 1.29 is 19.8 Å². The van der Waals surface area contributed by atoms with Crippen LogP contribution in [-0.2, 0) is 4.79 Å². The largest absolute Gasteiger partial charge is 0.465 e. The zero-order valence-corrected chi connectivity index (χ0v) is 16.1. The number of anilines is 2. The molecule has 2 saturated heterocycles. The summed E-state index contributed by atoms with van der Waals surface area (Å²) < 4.78 is 0. The third-order valence-corrected chi connectivity index (χ3v) is 6.71. The molecule has 0 bridgehead atoms. The van der Waals surface area contributed by atoms with Crippen LogP contribution in [0.5, 0.6) is 0 Å². The molecule has 1 aliphatic carbocycles. The van der Waals surface area contributed by atoms with Crippen LogP contribution in [-0.4, -0.2) is 58.9 Å². The van der Waals surface area contributed by atoms with Gasteiger partial charge in [0.25, 0.3) is 0 Å². The highest BCUT2D eigenvalue weighted by Crippen LogP contribution is 2.43. The molecule has 1 aromatic rings. The van der Waals surface area contributed by atoms with Gasteiger partial charge in [-0.05, 0) is 69.2 Å². The molecule has 3 N–H and O–H groups in total. The molecule has 2 heterocycles. The number of carbonyl (C=O) groups is 2. The number of rotatable bonds is 3. The molecular formula is C21H29N3O4. The maximum absolute atomic E-state index is 13.4. The molecule has 152 valence electrons. The Morgan fingerprint density at radius 1 is 1.07 bits per heavy atom. The van der Waals surface area contributed by atoms with Crippen molar-refractivity contribution in [3.63, 3.8) is 0 Å². The van der Waals surface area contributed by atoms with Gasteiger partial charge in [-0.25, -0.2) is 4.79 Å². The van der Waals surface area contributed by atoms with Crippen molar-refractivity contribution in [3.8, 4) is 0 Å². The molecule has 3 fully saturated rings. The third kappa shape index (κ3) is 3.68. The number of likely N-dealkylation sites (tertiary alicyclic amines) is 1. The monoisotopic (exact) mass is 387 g/mol. The fourth-order valence-electron chi connectivity index (χ4n) is 5.18. The fourth-order valence-corrected chi connectivity index (χ4v) is 5.18. The Morgan fingerprint density at radius 2 is 1.79 bits per heavy atom. The van der Waals surface area contributed by atoms with E-state index in [0.29, 0.717) is 11.6 Å². The number of nitrogens with one attached hydrogen (secondary N) is 1. The topological polar surface area (TPSA) is 93.1 Å². The smallest absolute Gasteiger partial charge is 0.409 e. The number of carboxylic acid groups (broad SMARTS) is 1. The van der Waals surface area contributed by atoms with E-state index in [1.165, 1.54) is 0 Å². The summed E-state index contributed by atoms with van der Waals surface area (Å²) >= 11 is 0. The van der Waals surface area contributed by atoms with Crippen LogP contribution in [0.25, 0.3) is 0 Å². The van der Waals surface area contributed by atoms with Gasteiger partial charge in [-0.3, -0.25) is 10.1 Å². The molecule has 1 unspecified atom stereocenters. The van der Waals surface area contributed by atoms with Gasteiger partial charge in [0, 0.05) is 37.1 Å². The lowest BCUT2D eigenvalue weighted by Crippen LogP contribution is -2.50. The van der Waals surface area contributed by atoms with Crippen LogP contribution >= 0.6 is 0 Å². The van der Waals surface area contributed by atoms with Gasteiger partial charge >= 0.3 is 6.09 Å². The van der Waals surface area contributed by atoms with E-state index in [4.69, 9.17) is 5.11 Å². The summed E-state index contributed by atoms with van der Waals surface area (Å²) in [5, 5.41) is 20.9. The van der Waals surface area contributed by atoms with Gasteiger partial charge < -0.3 is 20.0 Å². The number of hydrogen-bond acceptors (Lipinski definition) is 4. The predicted octanol–water partition coefficient (Wildman–Crippen LogP) is 2.90. The van der Waals surface area contributed by atoms with E-state index < -0.39 is 6.09 Å². The van der Waals surface area contributed by atoms with Crippen molar-refractivity contribution in [1.29, 1.82) is 0 Å². The van der Waals surface area contributed by atoms with Crippen LogP contribution in [0.2, 0.25) is 0 Å². The summed E-state index contributed by atoms with van der Waals surface area (Å²) in [7, 11) is 0. The van der Waals surface area contributed by atoms with E-state index in [2.05, 4.69) is 15.1 Å². The summed E-state index contributed by atoms with van der Waals surface area (Å²) in [5.74, 6) is 0.294. The van der Waals surface area contributed by atoms with Crippen molar-refractivity contribution in [3.05, 3.63) is 24.3 Å². The summed E-state index contributed by atoms with van der Waals surface area (Å²) in [6.45, 7) is 2.47. The molecule has 7 nitrogen and oxygen atoms in total. The number of piperidine rings is 1. The molecular weight excluding hydrogens is 358 g/mol. The predicted molar refractivity (Wildman–Crippen MR) is 107 cm³/mol. The van der Waals surface area contributed by atoms with Crippen LogP contribution in [0, 0.1) is 5.41 Å². The molecule has 0 radical (unpaired) electrons. The lowest BCUT2D eigenvalue weighted by Gasteiger charge is -2.41. The van der Waals surface area contributed by atoms with Crippen molar-refractivity contribution in [2.45, 2.75) is 57.1 Å². The van der Waals surface area contributed by atoms with Gasteiger partial charge in [0.1, 0.15) is 0 Å². The number of benzene rings is 1. The van der Waals surface area contributed by atoms with Crippen molar-refractivity contribution in [2.75, 3.05) is 29.9 Å². The Bertz CT molecular complexity index is 730. The van der Waals surface area contributed by atoms with E-state index in [-0.39, 0.29) is 17.6 Å². The number of aliphatic hydroxyl groups excluding tert-OH is 1. The minimum Gasteiger partial charge on any atom is -0.465 e. The lowest BCUT2D eigenvalue weighted by molar-refractivity contribution is -0.139. The molecule has 1 aromatic carbocycles. The Hall–Kier alpha value is -2.28. The van der Waals surface area contributed by atoms with Gasteiger partial charge in [0.15, 0.2) is 0 Å². The van der Waals surface area contributed by atoms with E-state index >= 15 is 0 Å². The molecule has 7 heteroatoms. The van der Waals surface area contributed by atoms with Gasteiger partial charge in [0.05, 0.1) is 11.5 Å². The molecule has 3 aliphatic rings. The summed E-state index contributed by atoms with van der Waals surface area (Å²) in [6.07, 6.45) is 4.96. The van der Waals surface area contributed by atoms with E-state index in [1.54, 1.807) is 12.1 Å². The molecule has 0 aromatic heterocycles. The Morgan fingerprint density at radius 3 is 2.46 bits per heavy atom. The quantitative estimate of drug-likeness (QED) is 0.742. The van der Waals surface area contributed by atoms with Gasteiger partial charge in [0.2, 0.25) is 5.91 Å². The van der Waals surface area contributed by atoms with Gasteiger partial charge in [-0.15, -0.1) is 0 Å². The maximum Gasteiger partial charge on any atom is 0.409 e. The second-order valence-electron chi connectivity index (χ2n) is 8.49. The van der Waals surface area contributed by atoms with Gasteiger partial charge in [-0.1, -0.05) is 0 Å². The molecule has 4 rings (SSSR count). The van der Waals surface area contributed by atoms with Crippen molar-refractivity contribution >= 4 is 23.4 Å². The van der Waals surface area contributed by atoms with Crippen molar-refractivity contribution in [2.24, 2.45) is 5.41 Å². The Labute approximate surface area is 165 Å². The van der Waals surface area contributed by atoms with Crippen LogP contribution in [0.15, 0.2) is 24.3 Å². The van der Waals surface area contributed by atoms with E-state index in [9.17, 15) is 14.7 Å². The molecule has 2 aliphatic heterocycles. The number of carbonyl (C=O) groups excluding carboxylic acids is 1. The molecule has 28 heavy (non-hydrogen) atoms. The minimum absolute atomic E-state index is 0.202. The Balaban J connectivity index is 1.44. The zero-order valence-electron chi connectivity index (χ0n) is 16.1. The van der Waals surface area contributed by atoms with Crippen LogP contribution in [0.4, 0.5) is 16.2 Å². The van der Waals surface area contributed by atoms with E-state index in [0.717, 1.165) is 70.3 Å². The number of hydrogen-bond donors (Lipinski definition) is 3. The number of amides is 2.